The number of aliphatic hydroxyl groups excluding tert-OH is 1. The Morgan fingerprint density at radius 3 is 2.48 bits per heavy atom. The van der Waals surface area contributed by atoms with Crippen LogP contribution in [0.5, 0.6) is 0 Å². The Kier molecular flexibility index (Phi) is 5.91. The van der Waals surface area contributed by atoms with Gasteiger partial charge in [-0.05, 0) is 36.4 Å². The van der Waals surface area contributed by atoms with E-state index >= 15 is 0 Å². The SMILES string of the molecule is CC(=O)Nc1ccc(Nc2cc(-c3ccccn3)nc(NCCO)n2)cc1. The van der Waals surface area contributed by atoms with E-state index in [9.17, 15) is 4.79 Å². The van der Waals surface area contributed by atoms with Crippen molar-refractivity contribution in [1.29, 1.82) is 0 Å². The van der Waals surface area contributed by atoms with Gasteiger partial charge in [0, 0.05) is 37.1 Å². The first-order chi connectivity index (χ1) is 13.1. The minimum absolute atomic E-state index is 0.0233. The van der Waals surface area contributed by atoms with Crippen LogP contribution in [-0.4, -0.2) is 39.1 Å². The van der Waals surface area contributed by atoms with Gasteiger partial charge in [0.05, 0.1) is 18.0 Å². The van der Waals surface area contributed by atoms with E-state index in [1.54, 1.807) is 24.4 Å². The molecule has 0 aliphatic heterocycles. The number of benzene rings is 1. The molecule has 8 heteroatoms. The van der Waals surface area contributed by atoms with Gasteiger partial charge in [-0.3, -0.25) is 9.78 Å². The average Bonchev–Trinajstić information content (AvgIpc) is 2.68. The van der Waals surface area contributed by atoms with Crippen molar-refractivity contribution < 1.29 is 9.90 Å². The van der Waals surface area contributed by atoms with Crippen LogP contribution >= 0.6 is 0 Å². The summed E-state index contributed by atoms with van der Waals surface area (Å²) in [5.41, 5.74) is 2.90. The van der Waals surface area contributed by atoms with Gasteiger partial charge in [0.25, 0.3) is 0 Å². The van der Waals surface area contributed by atoms with Gasteiger partial charge in [0.2, 0.25) is 11.9 Å². The number of nitrogens with zero attached hydrogens (tertiary/aromatic N) is 3. The second kappa shape index (κ2) is 8.72. The van der Waals surface area contributed by atoms with Crippen molar-refractivity contribution in [3.05, 3.63) is 54.7 Å². The van der Waals surface area contributed by atoms with E-state index < -0.39 is 0 Å². The standard InChI is InChI=1S/C19H20N6O2/c1-13(27)22-14-5-7-15(8-6-14)23-18-12-17(16-4-2-3-9-20-16)24-19(25-18)21-10-11-26/h2-9,12,26H,10-11H2,1H3,(H,22,27)(H2,21,23,24,25). The molecule has 0 bridgehead atoms. The van der Waals surface area contributed by atoms with Crippen LogP contribution in [-0.2, 0) is 4.79 Å². The molecule has 4 N–H and O–H groups in total. The van der Waals surface area contributed by atoms with E-state index in [4.69, 9.17) is 5.11 Å². The van der Waals surface area contributed by atoms with Crippen LogP contribution in [0.25, 0.3) is 11.4 Å². The summed E-state index contributed by atoms with van der Waals surface area (Å²) in [6, 6.07) is 14.7. The van der Waals surface area contributed by atoms with Crippen LogP contribution in [0.2, 0.25) is 0 Å². The highest BCUT2D eigenvalue weighted by molar-refractivity contribution is 5.88. The number of pyridine rings is 1. The molecule has 8 nitrogen and oxygen atoms in total. The summed E-state index contributed by atoms with van der Waals surface area (Å²) in [4.78, 5) is 24.3. The van der Waals surface area contributed by atoms with E-state index in [1.807, 2.05) is 30.3 Å². The zero-order valence-electron chi connectivity index (χ0n) is 14.8. The predicted molar refractivity (Wildman–Crippen MR) is 105 cm³/mol. The van der Waals surface area contributed by atoms with Crippen molar-refractivity contribution in [3.63, 3.8) is 0 Å². The number of rotatable bonds is 7. The quantitative estimate of drug-likeness (QED) is 0.510. The largest absolute Gasteiger partial charge is 0.395 e. The van der Waals surface area contributed by atoms with Gasteiger partial charge in [-0.25, -0.2) is 4.98 Å². The van der Waals surface area contributed by atoms with Gasteiger partial charge in [-0.1, -0.05) is 6.07 Å². The average molecular weight is 364 g/mol. The molecule has 138 valence electrons. The Hall–Kier alpha value is -3.52. The third-order valence-corrected chi connectivity index (χ3v) is 3.53. The topological polar surface area (TPSA) is 112 Å². The van der Waals surface area contributed by atoms with Crippen LogP contribution in [0.3, 0.4) is 0 Å². The van der Waals surface area contributed by atoms with Crippen molar-refractivity contribution in [2.24, 2.45) is 0 Å². The van der Waals surface area contributed by atoms with Crippen LogP contribution in [0.15, 0.2) is 54.7 Å². The molecular formula is C19H20N6O2. The number of carbonyl (C=O) groups is 1. The first-order valence-electron chi connectivity index (χ1n) is 8.44. The lowest BCUT2D eigenvalue weighted by molar-refractivity contribution is -0.114. The number of hydrogen-bond acceptors (Lipinski definition) is 7. The van der Waals surface area contributed by atoms with Crippen LogP contribution in [0.4, 0.5) is 23.1 Å². The lowest BCUT2D eigenvalue weighted by atomic mass is 10.2. The normalized spacial score (nSPS) is 10.3. The number of anilines is 4. The third-order valence-electron chi connectivity index (χ3n) is 3.53. The van der Waals surface area contributed by atoms with Crippen LogP contribution in [0.1, 0.15) is 6.92 Å². The second-order valence-electron chi connectivity index (χ2n) is 5.71. The molecule has 0 aliphatic rings. The highest BCUT2D eigenvalue weighted by Gasteiger charge is 2.08. The van der Waals surface area contributed by atoms with Gasteiger partial charge in [-0.2, -0.15) is 4.98 Å². The zero-order valence-corrected chi connectivity index (χ0v) is 14.8. The van der Waals surface area contributed by atoms with Crippen molar-refractivity contribution in [3.8, 4) is 11.4 Å². The molecule has 0 fully saturated rings. The number of hydrogen-bond donors (Lipinski definition) is 4. The maximum absolute atomic E-state index is 11.1. The van der Waals surface area contributed by atoms with Crippen LogP contribution in [0, 0.1) is 0 Å². The number of amides is 1. The van der Waals surface area contributed by atoms with Crippen molar-refractivity contribution >= 4 is 29.0 Å². The predicted octanol–water partition coefficient (Wildman–Crippen LogP) is 2.64. The van der Waals surface area contributed by atoms with Crippen molar-refractivity contribution in [1.82, 2.24) is 15.0 Å². The number of aromatic nitrogens is 3. The Morgan fingerprint density at radius 1 is 1.04 bits per heavy atom. The molecule has 3 rings (SSSR count). The Balaban J connectivity index is 1.86. The van der Waals surface area contributed by atoms with E-state index in [2.05, 4.69) is 30.9 Å². The fourth-order valence-corrected chi connectivity index (χ4v) is 2.39. The third kappa shape index (κ3) is 5.23. The number of aliphatic hydroxyl groups is 1. The smallest absolute Gasteiger partial charge is 0.225 e. The van der Waals surface area contributed by atoms with E-state index in [0.717, 1.165) is 17.1 Å². The lowest BCUT2D eigenvalue weighted by Gasteiger charge is -2.11. The summed E-state index contributed by atoms with van der Waals surface area (Å²) in [6.45, 7) is 1.79. The lowest BCUT2D eigenvalue weighted by Crippen LogP contribution is -2.10. The minimum atomic E-state index is -0.119. The summed E-state index contributed by atoms with van der Waals surface area (Å²) in [5, 5.41) is 17.9. The maximum Gasteiger partial charge on any atom is 0.225 e. The molecule has 1 amide bonds. The molecular weight excluding hydrogens is 344 g/mol. The summed E-state index contributed by atoms with van der Waals surface area (Å²) in [7, 11) is 0. The summed E-state index contributed by atoms with van der Waals surface area (Å²) in [5.74, 6) is 0.856. The van der Waals surface area contributed by atoms with Gasteiger partial charge in [-0.15, -0.1) is 0 Å². The summed E-state index contributed by atoms with van der Waals surface area (Å²) >= 11 is 0. The molecule has 0 unspecified atom stereocenters. The molecule has 0 saturated carbocycles. The Bertz CT molecular complexity index is 900. The van der Waals surface area contributed by atoms with E-state index in [-0.39, 0.29) is 12.5 Å². The van der Waals surface area contributed by atoms with Crippen LogP contribution < -0.4 is 16.0 Å². The van der Waals surface area contributed by atoms with Gasteiger partial charge < -0.3 is 21.1 Å². The first-order valence-corrected chi connectivity index (χ1v) is 8.44. The van der Waals surface area contributed by atoms with Crippen molar-refractivity contribution in [2.45, 2.75) is 6.92 Å². The van der Waals surface area contributed by atoms with E-state index in [0.29, 0.717) is 24.0 Å². The molecule has 0 atom stereocenters. The van der Waals surface area contributed by atoms with Gasteiger partial charge in [0.1, 0.15) is 5.82 Å². The van der Waals surface area contributed by atoms with Crippen molar-refractivity contribution in [2.75, 3.05) is 29.1 Å². The molecule has 27 heavy (non-hydrogen) atoms. The molecule has 1 aromatic carbocycles. The molecule has 2 aromatic heterocycles. The highest BCUT2D eigenvalue weighted by atomic mass is 16.3. The molecule has 0 saturated heterocycles. The maximum atomic E-state index is 11.1. The zero-order chi connectivity index (χ0) is 19.1. The fraction of sp³-hybridized carbons (Fsp3) is 0.158. The number of carbonyl (C=O) groups excluding carboxylic acids is 1. The Labute approximate surface area is 156 Å². The van der Waals surface area contributed by atoms with Gasteiger partial charge in [0.15, 0.2) is 0 Å². The first kappa shape index (κ1) is 18.3. The van der Waals surface area contributed by atoms with Gasteiger partial charge >= 0.3 is 0 Å². The Morgan fingerprint density at radius 2 is 1.81 bits per heavy atom. The molecule has 0 aliphatic carbocycles. The minimum Gasteiger partial charge on any atom is -0.395 e. The summed E-state index contributed by atoms with van der Waals surface area (Å²) < 4.78 is 0. The van der Waals surface area contributed by atoms with E-state index in [1.165, 1.54) is 6.92 Å². The molecule has 2 heterocycles. The monoisotopic (exact) mass is 364 g/mol. The fourth-order valence-electron chi connectivity index (χ4n) is 2.39. The second-order valence-corrected chi connectivity index (χ2v) is 5.71. The summed E-state index contributed by atoms with van der Waals surface area (Å²) in [6.07, 6.45) is 1.70. The number of nitrogens with one attached hydrogen (secondary N) is 3. The molecule has 0 spiro atoms. The highest BCUT2D eigenvalue weighted by Crippen LogP contribution is 2.23. The molecule has 3 aromatic rings. The molecule has 0 radical (unpaired) electrons.